The molecular weight excluding hydrogens is 245 g/mol. The summed E-state index contributed by atoms with van der Waals surface area (Å²) in [5.74, 6) is 0.704. The number of nitrogens with zero attached hydrogens (tertiary/aromatic N) is 2. The molecule has 2 aromatic rings. The summed E-state index contributed by atoms with van der Waals surface area (Å²) < 4.78 is 18.3. The first kappa shape index (κ1) is 13.7. The fourth-order valence-corrected chi connectivity index (χ4v) is 1.99. The zero-order chi connectivity index (χ0) is 13.7. The van der Waals surface area contributed by atoms with Crippen LogP contribution in [0.4, 0.5) is 4.39 Å². The average molecular weight is 263 g/mol. The van der Waals surface area contributed by atoms with Crippen molar-refractivity contribution in [3.63, 3.8) is 0 Å². The number of nitrogens with one attached hydrogen (secondary N) is 1. The van der Waals surface area contributed by atoms with Gasteiger partial charge in [-0.05, 0) is 25.6 Å². The van der Waals surface area contributed by atoms with Crippen LogP contribution in [0.3, 0.4) is 0 Å². The molecule has 0 amide bonds. The van der Waals surface area contributed by atoms with Crippen LogP contribution in [0.2, 0.25) is 0 Å². The van der Waals surface area contributed by atoms with Gasteiger partial charge in [-0.3, -0.25) is 0 Å². The van der Waals surface area contributed by atoms with E-state index in [-0.39, 0.29) is 5.82 Å². The molecule has 1 atom stereocenters. The average Bonchev–Trinajstić information content (AvgIpc) is 2.87. The third kappa shape index (κ3) is 3.61. The molecule has 1 aromatic carbocycles. The molecule has 0 aliphatic rings. The van der Waals surface area contributed by atoms with Crippen LogP contribution in [0.5, 0.6) is 0 Å². The summed E-state index contributed by atoms with van der Waals surface area (Å²) in [6, 6.07) is 6.51. The van der Waals surface area contributed by atoms with Gasteiger partial charge in [0.2, 0.25) is 11.7 Å². The van der Waals surface area contributed by atoms with Gasteiger partial charge in [0, 0.05) is 18.0 Å². The molecule has 4 nitrogen and oxygen atoms in total. The maximum atomic E-state index is 13.1. The van der Waals surface area contributed by atoms with Crippen LogP contribution >= 0.6 is 0 Å². The molecule has 1 aromatic heterocycles. The summed E-state index contributed by atoms with van der Waals surface area (Å²) in [5, 5.41) is 7.12. The maximum Gasteiger partial charge on any atom is 0.228 e. The van der Waals surface area contributed by atoms with Gasteiger partial charge < -0.3 is 9.84 Å². The third-order valence-electron chi connectivity index (χ3n) is 3.02. The Morgan fingerprint density at radius 2 is 2.26 bits per heavy atom. The standard InChI is InChI=1S/C14H18FN3O/c1-3-5-12(16-2)9-13-17-14(18-19-13)10-6-4-7-11(15)8-10/h4,6-8,12,16H,3,5,9H2,1-2H3. The molecular formula is C14H18FN3O. The van der Waals surface area contributed by atoms with Crippen molar-refractivity contribution in [2.24, 2.45) is 0 Å². The number of halogens is 1. The Morgan fingerprint density at radius 1 is 1.42 bits per heavy atom. The summed E-state index contributed by atoms with van der Waals surface area (Å²) in [7, 11) is 1.92. The van der Waals surface area contributed by atoms with Crippen LogP contribution in [0.1, 0.15) is 25.7 Å². The molecule has 0 radical (unpaired) electrons. The van der Waals surface area contributed by atoms with E-state index in [1.807, 2.05) is 7.05 Å². The van der Waals surface area contributed by atoms with E-state index in [0.29, 0.717) is 29.7 Å². The highest BCUT2D eigenvalue weighted by molar-refractivity contribution is 5.53. The van der Waals surface area contributed by atoms with Crippen molar-refractivity contribution in [1.82, 2.24) is 15.5 Å². The Hall–Kier alpha value is -1.75. The zero-order valence-electron chi connectivity index (χ0n) is 11.2. The third-order valence-corrected chi connectivity index (χ3v) is 3.02. The van der Waals surface area contributed by atoms with E-state index >= 15 is 0 Å². The van der Waals surface area contributed by atoms with Crippen molar-refractivity contribution in [1.29, 1.82) is 0 Å². The highest BCUT2D eigenvalue weighted by Gasteiger charge is 2.13. The van der Waals surface area contributed by atoms with Gasteiger partial charge in [-0.1, -0.05) is 30.6 Å². The Kier molecular flexibility index (Phi) is 4.63. The lowest BCUT2D eigenvalue weighted by Crippen LogP contribution is -2.27. The zero-order valence-corrected chi connectivity index (χ0v) is 11.2. The van der Waals surface area contributed by atoms with Gasteiger partial charge in [0.15, 0.2) is 0 Å². The minimum atomic E-state index is -0.303. The predicted octanol–water partition coefficient (Wildman–Crippen LogP) is 2.81. The van der Waals surface area contributed by atoms with Gasteiger partial charge in [-0.15, -0.1) is 0 Å². The summed E-state index contributed by atoms with van der Waals surface area (Å²) in [6.45, 7) is 2.14. The lowest BCUT2D eigenvalue weighted by Gasteiger charge is -2.11. The molecule has 0 spiro atoms. The van der Waals surface area contributed by atoms with Crippen LogP contribution < -0.4 is 5.32 Å². The first-order chi connectivity index (χ1) is 9.22. The molecule has 1 unspecified atom stereocenters. The summed E-state index contributed by atoms with van der Waals surface area (Å²) in [4.78, 5) is 4.31. The van der Waals surface area contributed by atoms with Gasteiger partial charge in [0.05, 0.1) is 0 Å². The number of aromatic nitrogens is 2. The van der Waals surface area contributed by atoms with Crippen molar-refractivity contribution < 1.29 is 8.91 Å². The predicted molar refractivity (Wildman–Crippen MR) is 71.2 cm³/mol. The normalized spacial score (nSPS) is 12.6. The Bertz CT molecular complexity index is 527. The van der Waals surface area contributed by atoms with Crippen LogP contribution in [0.25, 0.3) is 11.4 Å². The molecule has 5 heteroatoms. The van der Waals surface area contributed by atoms with Crippen molar-refractivity contribution >= 4 is 0 Å². The SMILES string of the molecule is CCCC(Cc1nc(-c2cccc(F)c2)no1)NC. The molecule has 0 saturated heterocycles. The van der Waals surface area contributed by atoms with Gasteiger partial charge >= 0.3 is 0 Å². The van der Waals surface area contributed by atoms with Crippen molar-refractivity contribution in [3.8, 4) is 11.4 Å². The Balaban J connectivity index is 2.10. The van der Waals surface area contributed by atoms with Crippen LogP contribution in [-0.2, 0) is 6.42 Å². The van der Waals surface area contributed by atoms with Crippen LogP contribution in [-0.4, -0.2) is 23.2 Å². The number of likely N-dealkylation sites (N-methyl/N-ethyl adjacent to an activating group) is 1. The smallest absolute Gasteiger partial charge is 0.228 e. The molecule has 1 heterocycles. The molecule has 1 N–H and O–H groups in total. The monoisotopic (exact) mass is 263 g/mol. The van der Waals surface area contributed by atoms with Crippen LogP contribution in [0, 0.1) is 5.82 Å². The van der Waals surface area contributed by atoms with Gasteiger partial charge in [-0.25, -0.2) is 4.39 Å². The second kappa shape index (κ2) is 6.43. The summed E-state index contributed by atoms with van der Waals surface area (Å²) >= 11 is 0. The Labute approximate surface area is 112 Å². The van der Waals surface area contributed by atoms with Crippen LogP contribution in [0.15, 0.2) is 28.8 Å². The lowest BCUT2D eigenvalue weighted by atomic mass is 10.1. The summed E-state index contributed by atoms with van der Waals surface area (Å²) in [6.07, 6.45) is 2.83. The molecule has 0 fully saturated rings. The molecule has 0 aliphatic heterocycles. The fraction of sp³-hybridized carbons (Fsp3) is 0.429. The van der Waals surface area contributed by atoms with E-state index < -0.39 is 0 Å². The topological polar surface area (TPSA) is 51.0 Å². The number of rotatable bonds is 6. The number of benzene rings is 1. The second-order valence-electron chi connectivity index (χ2n) is 4.50. The van der Waals surface area contributed by atoms with E-state index in [0.717, 1.165) is 12.8 Å². The van der Waals surface area contributed by atoms with Gasteiger partial charge in [-0.2, -0.15) is 4.98 Å². The number of hydrogen-bond donors (Lipinski definition) is 1. The van der Waals surface area contributed by atoms with E-state index in [4.69, 9.17) is 4.52 Å². The van der Waals surface area contributed by atoms with E-state index in [1.54, 1.807) is 12.1 Å². The molecule has 2 rings (SSSR count). The van der Waals surface area contributed by atoms with Gasteiger partial charge in [0.1, 0.15) is 5.82 Å². The molecule has 0 saturated carbocycles. The Morgan fingerprint density at radius 3 is 2.95 bits per heavy atom. The van der Waals surface area contributed by atoms with E-state index in [1.165, 1.54) is 12.1 Å². The van der Waals surface area contributed by atoms with E-state index in [9.17, 15) is 4.39 Å². The summed E-state index contributed by atoms with van der Waals surface area (Å²) in [5.41, 5.74) is 0.631. The first-order valence-electron chi connectivity index (χ1n) is 6.48. The molecule has 102 valence electrons. The first-order valence-corrected chi connectivity index (χ1v) is 6.48. The maximum absolute atomic E-state index is 13.1. The quantitative estimate of drug-likeness (QED) is 0.870. The van der Waals surface area contributed by atoms with Crippen molar-refractivity contribution in [2.75, 3.05) is 7.05 Å². The van der Waals surface area contributed by atoms with Crippen molar-refractivity contribution in [2.45, 2.75) is 32.2 Å². The minimum Gasteiger partial charge on any atom is -0.339 e. The number of hydrogen-bond acceptors (Lipinski definition) is 4. The lowest BCUT2D eigenvalue weighted by molar-refractivity contribution is 0.356. The van der Waals surface area contributed by atoms with Crippen molar-refractivity contribution in [3.05, 3.63) is 36.0 Å². The molecule has 19 heavy (non-hydrogen) atoms. The minimum absolute atomic E-state index is 0.303. The highest BCUT2D eigenvalue weighted by atomic mass is 19.1. The largest absolute Gasteiger partial charge is 0.339 e. The van der Waals surface area contributed by atoms with E-state index in [2.05, 4.69) is 22.4 Å². The van der Waals surface area contributed by atoms with Gasteiger partial charge in [0.25, 0.3) is 0 Å². The molecule has 0 aliphatic carbocycles. The fourth-order valence-electron chi connectivity index (χ4n) is 1.99. The second-order valence-corrected chi connectivity index (χ2v) is 4.50. The highest BCUT2D eigenvalue weighted by Crippen LogP contribution is 2.17. The molecule has 0 bridgehead atoms.